The molecule has 14 heteroatoms. The molecule has 0 aliphatic carbocycles. The first-order chi connectivity index (χ1) is 26.7. The van der Waals surface area contributed by atoms with Gasteiger partial charge >= 0.3 is 0 Å². The third-order valence-electron chi connectivity index (χ3n) is 10.5. The van der Waals surface area contributed by atoms with Crippen molar-refractivity contribution in [3.05, 3.63) is 121 Å². The molecule has 1 atom stereocenters. The van der Waals surface area contributed by atoms with Crippen molar-refractivity contribution >= 4 is 46.4 Å². The van der Waals surface area contributed by atoms with E-state index in [9.17, 15) is 14.4 Å². The number of likely N-dealkylation sites (tertiary alicyclic amines) is 1. The van der Waals surface area contributed by atoms with Crippen LogP contribution in [0, 0.1) is 31.6 Å². The summed E-state index contributed by atoms with van der Waals surface area (Å²) in [5.41, 5.74) is 7.10. The lowest BCUT2D eigenvalue weighted by Gasteiger charge is -2.39. The van der Waals surface area contributed by atoms with Crippen LogP contribution in [0.1, 0.15) is 73.2 Å². The molecule has 7 heterocycles. The number of amides is 3. The molecule has 2 aromatic carbocycles. The Morgan fingerprint density at radius 3 is 2.64 bits per heavy atom. The topological polar surface area (TPSA) is 135 Å². The molecule has 9 rings (SSSR count). The second kappa shape index (κ2) is 14.2. The van der Waals surface area contributed by atoms with Crippen LogP contribution in [0.3, 0.4) is 0 Å². The number of aryl methyl sites for hydroxylation is 1. The number of imide groups is 1. The van der Waals surface area contributed by atoms with Gasteiger partial charge in [-0.15, -0.1) is 21.5 Å². The number of aliphatic imine (C=N–C) groups is 1. The van der Waals surface area contributed by atoms with E-state index < -0.39 is 11.9 Å². The zero-order valence-electron chi connectivity index (χ0n) is 30.1. The summed E-state index contributed by atoms with van der Waals surface area (Å²) in [6.45, 7) is 7.83. The molecule has 0 bridgehead atoms. The number of hydrogen-bond donors (Lipinski definition) is 1. The van der Waals surface area contributed by atoms with E-state index in [2.05, 4.69) is 54.8 Å². The van der Waals surface area contributed by atoms with Gasteiger partial charge in [-0.1, -0.05) is 35.9 Å². The summed E-state index contributed by atoms with van der Waals surface area (Å²) < 4.78 is 8.33. The maximum atomic E-state index is 13.2. The third-order valence-corrected chi connectivity index (χ3v) is 12.0. The van der Waals surface area contributed by atoms with E-state index in [1.165, 1.54) is 0 Å². The van der Waals surface area contributed by atoms with Gasteiger partial charge in [0.25, 0.3) is 5.91 Å². The Balaban J connectivity index is 0.824. The highest BCUT2D eigenvalue weighted by Gasteiger charge is 2.40. The number of rotatable bonds is 7. The van der Waals surface area contributed by atoms with Crippen LogP contribution >= 0.6 is 22.9 Å². The fraction of sp³-hybridized carbons (Fsp3) is 0.293. The van der Waals surface area contributed by atoms with E-state index in [4.69, 9.17) is 21.3 Å². The van der Waals surface area contributed by atoms with Crippen molar-refractivity contribution in [1.82, 2.24) is 34.9 Å². The summed E-state index contributed by atoms with van der Waals surface area (Å²) in [6, 6.07) is 16.6. The summed E-state index contributed by atoms with van der Waals surface area (Å²) in [4.78, 5) is 51.7. The molecule has 12 nitrogen and oxygen atoms in total. The highest BCUT2D eigenvalue weighted by Crippen LogP contribution is 2.37. The monoisotopic (exact) mass is 770 g/mol. The normalized spacial score (nSPS) is 18.0. The Hall–Kier alpha value is -5.68. The Morgan fingerprint density at radius 1 is 1.02 bits per heavy atom. The number of nitrogens with zero attached hydrogens (tertiary/aromatic N) is 7. The molecule has 2 saturated heterocycles. The number of carbonyl (C=O) groups excluding carboxylic acids is 3. The molecule has 0 spiro atoms. The van der Waals surface area contributed by atoms with Crippen LogP contribution < -0.4 is 10.1 Å². The molecule has 2 fully saturated rings. The third kappa shape index (κ3) is 6.60. The number of piperidine rings is 1. The average molecular weight is 771 g/mol. The predicted octanol–water partition coefficient (Wildman–Crippen LogP) is 5.02. The Kier molecular flexibility index (Phi) is 9.04. The zero-order valence-corrected chi connectivity index (χ0v) is 31.7. The number of pyridine rings is 1. The smallest absolute Gasteiger partial charge is 0.255 e. The van der Waals surface area contributed by atoms with Gasteiger partial charge in [0.15, 0.2) is 5.82 Å². The largest absolute Gasteiger partial charge is 0.493 e. The number of carbonyl (C=O) groups is 3. The van der Waals surface area contributed by atoms with Gasteiger partial charge in [-0.25, -0.2) is 4.98 Å². The molecular weight excluding hydrogens is 736 g/mol. The summed E-state index contributed by atoms with van der Waals surface area (Å²) in [6.07, 6.45) is 2.44. The van der Waals surface area contributed by atoms with Gasteiger partial charge in [-0.2, -0.15) is 0 Å². The van der Waals surface area contributed by atoms with Crippen LogP contribution in [0.4, 0.5) is 0 Å². The molecule has 0 radical (unpaired) electrons. The lowest BCUT2D eigenvalue weighted by molar-refractivity contribution is -0.136. The van der Waals surface area contributed by atoms with Gasteiger partial charge in [-0.3, -0.25) is 34.2 Å². The number of ether oxygens (including phenoxy) is 1. The van der Waals surface area contributed by atoms with Crippen molar-refractivity contribution in [3.63, 3.8) is 0 Å². The predicted molar refractivity (Wildman–Crippen MR) is 206 cm³/mol. The SMILES string of the molecule is Cc1c(C#Cc2ccc(CN3CC(COc4cccc5c4CN(C4CCC(=O)NC4=O)C5=O)C3)cn2)sc2c1C(c1ccc(Cl)cc1)=NCc1nnc(C)n1-2. The van der Waals surface area contributed by atoms with E-state index in [1.54, 1.807) is 22.3 Å². The summed E-state index contributed by atoms with van der Waals surface area (Å²) in [5, 5.41) is 12.8. The summed E-state index contributed by atoms with van der Waals surface area (Å²) in [5.74, 6) is 8.36. The van der Waals surface area contributed by atoms with Crippen molar-refractivity contribution in [2.45, 2.75) is 52.4 Å². The van der Waals surface area contributed by atoms with Crippen molar-refractivity contribution in [1.29, 1.82) is 0 Å². The first-order valence-corrected chi connectivity index (χ1v) is 19.3. The standard InChI is InChI=1S/C41H35ClN8O4S/c1-23-34(55-41-37(23)38(27-7-9-28(42)10-8-27)44-17-35-47-46-24(2)50(35)41)14-12-29-11-6-25(16-43-29)18-48-19-26(20-48)22-54-33-5-3-4-30-31(33)21-49(40(30)53)32-13-15-36(51)45-39(32)52/h3-11,16,26,32H,13,15,17-22H2,1-2H3,(H,45,51,52). The maximum Gasteiger partial charge on any atom is 0.255 e. The highest BCUT2D eigenvalue weighted by molar-refractivity contribution is 7.15. The molecule has 5 aromatic rings. The zero-order chi connectivity index (χ0) is 37.8. The molecule has 1 unspecified atom stereocenters. The second-order valence-corrected chi connectivity index (χ2v) is 15.7. The molecule has 4 aliphatic heterocycles. The first kappa shape index (κ1) is 35.0. The van der Waals surface area contributed by atoms with Crippen LogP contribution in [-0.4, -0.2) is 78.7 Å². The molecule has 3 aromatic heterocycles. The minimum Gasteiger partial charge on any atom is -0.493 e. The number of aromatic nitrogens is 4. The number of benzene rings is 2. The lowest BCUT2D eigenvalue weighted by atomic mass is 10.00. The van der Waals surface area contributed by atoms with Crippen molar-refractivity contribution in [2.24, 2.45) is 10.9 Å². The quantitative estimate of drug-likeness (QED) is 0.180. The number of thiophene rings is 1. The number of fused-ring (bicyclic) bond motifs is 4. The first-order valence-electron chi connectivity index (χ1n) is 18.1. The molecule has 4 aliphatic rings. The summed E-state index contributed by atoms with van der Waals surface area (Å²) >= 11 is 7.82. The van der Waals surface area contributed by atoms with Gasteiger partial charge in [0.2, 0.25) is 11.8 Å². The fourth-order valence-corrected chi connectivity index (χ4v) is 9.04. The maximum absolute atomic E-state index is 13.2. The van der Waals surface area contributed by atoms with Crippen LogP contribution in [0.2, 0.25) is 5.02 Å². The van der Waals surface area contributed by atoms with Crippen LogP contribution in [-0.2, 0) is 29.2 Å². The molecule has 1 N–H and O–H groups in total. The number of hydrogen-bond acceptors (Lipinski definition) is 10. The van der Waals surface area contributed by atoms with Crippen molar-refractivity contribution < 1.29 is 19.1 Å². The molecular formula is C41H35ClN8O4S. The van der Waals surface area contributed by atoms with Crippen molar-refractivity contribution in [2.75, 3.05) is 19.7 Å². The molecule has 276 valence electrons. The van der Waals surface area contributed by atoms with Crippen LogP contribution in [0.15, 0.2) is 65.8 Å². The lowest BCUT2D eigenvalue weighted by Crippen LogP contribution is -2.52. The minimum atomic E-state index is -0.652. The van der Waals surface area contributed by atoms with E-state index in [1.807, 2.05) is 55.6 Å². The number of halogens is 1. The fourth-order valence-electron chi connectivity index (χ4n) is 7.68. The van der Waals surface area contributed by atoms with Crippen molar-refractivity contribution in [3.8, 4) is 22.6 Å². The van der Waals surface area contributed by atoms with Crippen LogP contribution in [0.25, 0.3) is 5.00 Å². The average Bonchev–Trinajstić information content (AvgIpc) is 3.77. The van der Waals surface area contributed by atoms with Gasteiger partial charge in [0.05, 0.1) is 23.7 Å². The van der Waals surface area contributed by atoms with Gasteiger partial charge < -0.3 is 9.64 Å². The summed E-state index contributed by atoms with van der Waals surface area (Å²) in [7, 11) is 0. The Morgan fingerprint density at radius 2 is 1.85 bits per heavy atom. The van der Waals surface area contributed by atoms with Gasteiger partial charge in [0, 0.05) is 65.4 Å². The van der Waals surface area contributed by atoms with Crippen LogP contribution in [0.5, 0.6) is 5.75 Å². The van der Waals surface area contributed by atoms with Gasteiger partial charge in [0.1, 0.15) is 34.9 Å². The van der Waals surface area contributed by atoms with Gasteiger partial charge in [-0.05, 0) is 73.6 Å². The molecule has 55 heavy (non-hydrogen) atoms. The Bertz CT molecular complexity index is 2470. The highest BCUT2D eigenvalue weighted by atomic mass is 35.5. The second-order valence-electron chi connectivity index (χ2n) is 14.3. The Labute approximate surface area is 326 Å². The minimum absolute atomic E-state index is 0.202. The molecule has 0 saturated carbocycles. The van der Waals surface area contributed by atoms with E-state index >= 15 is 0 Å². The van der Waals surface area contributed by atoms with E-state index in [0.717, 1.165) is 74.7 Å². The van der Waals surface area contributed by atoms with E-state index in [0.29, 0.717) is 54.1 Å². The molecule has 3 amide bonds. The number of nitrogens with one attached hydrogen (secondary N) is 1. The van der Waals surface area contributed by atoms with E-state index in [-0.39, 0.29) is 18.2 Å².